The summed E-state index contributed by atoms with van der Waals surface area (Å²) in [5, 5.41) is 2.97. The number of carbonyl (C=O) groups is 1. The lowest BCUT2D eigenvalue weighted by Crippen LogP contribution is -2.00. The Labute approximate surface area is 97.0 Å². The van der Waals surface area contributed by atoms with Crippen LogP contribution in [0, 0.1) is 5.82 Å². The van der Waals surface area contributed by atoms with Crippen molar-refractivity contribution < 1.29 is 9.18 Å². The fourth-order valence-corrected chi connectivity index (χ4v) is 1.86. The summed E-state index contributed by atoms with van der Waals surface area (Å²) < 4.78 is 13.2. The van der Waals surface area contributed by atoms with Crippen molar-refractivity contribution in [2.45, 2.75) is 0 Å². The van der Waals surface area contributed by atoms with E-state index in [1.165, 1.54) is 18.3 Å². The molecule has 0 radical (unpaired) electrons. The van der Waals surface area contributed by atoms with Gasteiger partial charge in [0.15, 0.2) is 0 Å². The van der Waals surface area contributed by atoms with Crippen LogP contribution in [0.15, 0.2) is 42.2 Å². The van der Waals surface area contributed by atoms with E-state index >= 15 is 0 Å². The number of rotatable bonds is 1. The Balaban J connectivity index is 2.02. The molecule has 1 aliphatic heterocycles. The maximum Gasteiger partial charge on any atom is 0.211 e. The Bertz CT molecular complexity index is 628. The zero-order chi connectivity index (χ0) is 11.8. The second kappa shape index (κ2) is 3.59. The Morgan fingerprint density at radius 3 is 2.71 bits per heavy atom. The fraction of sp³-hybridized carbons (Fsp3) is 0. The molecule has 0 atom stereocenters. The lowest BCUT2D eigenvalue weighted by molar-refractivity contribution is 0.104. The third-order valence-electron chi connectivity index (χ3n) is 2.70. The molecule has 2 aromatic rings. The van der Waals surface area contributed by atoms with Gasteiger partial charge in [-0.25, -0.2) is 4.39 Å². The smallest absolute Gasteiger partial charge is 0.211 e. The van der Waals surface area contributed by atoms with Gasteiger partial charge in [-0.05, 0) is 24.3 Å². The largest absolute Gasteiger partial charge is 0.359 e. The van der Waals surface area contributed by atoms with E-state index in [2.05, 4.69) is 10.3 Å². The minimum absolute atomic E-state index is 0.116. The lowest BCUT2D eigenvalue weighted by atomic mass is 10.1. The molecule has 17 heavy (non-hydrogen) atoms. The van der Waals surface area contributed by atoms with Crippen molar-refractivity contribution in [3.05, 3.63) is 59.3 Å². The van der Waals surface area contributed by atoms with Gasteiger partial charge < -0.3 is 10.3 Å². The van der Waals surface area contributed by atoms with Crippen LogP contribution in [-0.2, 0) is 0 Å². The van der Waals surface area contributed by atoms with E-state index in [1.807, 2.05) is 12.1 Å². The lowest BCUT2D eigenvalue weighted by Gasteiger charge is -1.97. The molecule has 1 aromatic heterocycles. The van der Waals surface area contributed by atoms with Crippen LogP contribution >= 0.6 is 0 Å². The van der Waals surface area contributed by atoms with Crippen LogP contribution < -0.4 is 5.32 Å². The molecule has 0 fully saturated rings. The number of fused-ring (bicyclic) bond motifs is 1. The number of Topliss-reactive ketones (excluding diaryl/α,β-unsaturated/α-hetero) is 1. The summed E-state index contributed by atoms with van der Waals surface area (Å²) in [7, 11) is 0. The Morgan fingerprint density at radius 2 is 2.00 bits per heavy atom. The van der Waals surface area contributed by atoms with Crippen molar-refractivity contribution in [3.63, 3.8) is 0 Å². The molecule has 2 N–H and O–H groups in total. The van der Waals surface area contributed by atoms with Gasteiger partial charge in [0, 0.05) is 17.4 Å². The maximum atomic E-state index is 13.2. The van der Waals surface area contributed by atoms with E-state index in [1.54, 1.807) is 12.1 Å². The minimum Gasteiger partial charge on any atom is -0.359 e. The van der Waals surface area contributed by atoms with Gasteiger partial charge in [0.05, 0.1) is 11.4 Å². The number of anilines is 1. The predicted octanol–water partition coefficient (Wildman–Crippen LogP) is 2.80. The van der Waals surface area contributed by atoms with Gasteiger partial charge in [0.25, 0.3) is 0 Å². The number of aromatic amines is 1. The molecule has 1 aliphatic rings. The molecular formula is C13H9FN2O. The first-order valence-electron chi connectivity index (χ1n) is 5.21. The normalized spacial score (nSPS) is 16.1. The van der Waals surface area contributed by atoms with Gasteiger partial charge in [-0.1, -0.05) is 12.1 Å². The highest BCUT2D eigenvalue weighted by Gasteiger charge is 2.24. The summed E-state index contributed by atoms with van der Waals surface area (Å²) in [5.74, 6) is -0.488. The molecule has 4 heteroatoms. The van der Waals surface area contributed by atoms with Crippen LogP contribution in [0.3, 0.4) is 0 Å². The number of ketones is 1. The van der Waals surface area contributed by atoms with Crippen LogP contribution in [-0.4, -0.2) is 10.8 Å². The second-order valence-corrected chi connectivity index (χ2v) is 3.80. The highest BCUT2D eigenvalue weighted by molar-refractivity contribution is 6.20. The number of carbonyl (C=O) groups excluding carboxylic acids is 1. The third-order valence-corrected chi connectivity index (χ3v) is 2.70. The van der Waals surface area contributed by atoms with E-state index < -0.39 is 0 Å². The first-order chi connectivity index (χ1) is 8.25. The summed E-state index contributed by atoms with van der Waals surface area (Å²) >= 11 is 0. The molecule has 0 unspecified atom stereocenters. The van der Waals surface area contributed by atoms with E-state index in [0.29, 0.717) is 17.0 Å². The van der Waals surface area contributed by atoms with Gasteiger partial charge in [0.2, 0.25) is 5.78 Å². The SMILES string of the molecule is O=C1/C(=C\c2[nH]ccc2F)Nc2ccccc21. The molecule has 3 rings (SSSR count). The van der Waals surface area contributed by atoms with Crippen LogP contribution in [0.2, 0.25) is 0 Å². The number of para-hydroxylation sites is 1. The number of allylic oxidation sites excluding steroid dienone is 1. The topological polar surface area (TPSA) is 44.9 Å². The van der Waals surface area contributed by atoms with Crippen molar-refractivity contribution >= 4 is 17.5 Å². The van der Waals surface area contributed by atoms with E-state index in [0.717, 1.165) is 5.69 Å². The molecule has 1 aromatic carbocycles. The van der Waals surface area contributed by atoms with Crippen LogP contribution in [0.4, 0.5) is 10.1 Å². The fourth-order valence-electron chi connectivity index (χ4n) is 1.86. The number of halogens is 1. The van der Waals surface area contributed by atoms with Crippen LogP contribution in [0.25, 0.3) is 6.08 Å². The predicted molar refractivity (Wildman–Crippen MR) is 63.1 cm³/mol. The molecular weight excluding hydrogens is 219 g/mol. The number of nitrogens with one attached hydrogen (secondary N) is 2. The van der Waals surface area contributed by atoms with Gasteiger partial charge in [-0.2, -0.15) is 0 Å². The number of H-pyrrole nitrogens is 1. The summed E-state index contributed by atoms with van der Waals surface area (Å²) in [6, 6.07) is 8.53. The van der Waals surface area contributed by atoms with Crippen molar-refractivity contribution in [3.8, 4) is 0 Å². The van der Waals surface area contributed by atoms with E-state index in [4.69, 9.17) is 0 Å². The number of benzene rings is 1. The molecule has 0 saturated heterocycles. The van der Waals surface area contributed by atoms with E-state index in [-0.39, 0.29) is 11.6 Å². The zero-order valence-corrected chi connectivity index (χ0v) is 8.83. The summed E-state index contributed by atoms with van der Waals surface area (Å²) in [5.41, 5.74) is 2.06. The van der Waals surface area contributed by atoms with Crippen LogP contribution in [0.5, 0.6) is 0 Å². The summed E-state index contributed by atoms with van der Waals surface area (Å²) in [6.07, 6.45) is 2.98. The zero-order valence-electron chi connectivity index (χ0n) is 8.83. The average Bonchev–Trinajstić information content (AvgIpc) is 2.87. The first-order valence-corrected chi connectivity index (χ1v) is 5.21. The van der Waals surface area contributed by atoms with Crippen molar-refractivity contribution in [1.29, 1.82) is 0 Å². The highest BCUT2D eigenvalue weighted by Crippen LogP contribution is 2.28. The molecule has 0 bridgehead atoms. The average molecular weight is 228 g/mol. The third kappa shape index (κ3) is 1.54. The van der Waals surface area contributed by atoms with Crippen molar-refractivity contribution in [2.75, 3.05) is 5.32 Å². The monoisotopic (exact) mass is 228 g/mol. The van der Waals surface area contributed by atoms with E-state index in [9.17, 15) is 9.18 Å². The molecule has 0 spiro atoms. The molecule has 2 heterocycles. The maximum absolute atomic E-state index is 13.2. The van der Waals surface area contributed by atoms with Crippen molar-refractivity contribution in [2.24, 2.45) is 0 Å². The minimum atomic E-state index is -0.372. The molecule has 0 aliphatic carbocycles. The quantitative estimate of drug-likeness (QED) is 0.737. The molecule has 3 nitrogen and oxygen atoms in total. The van der Waals surface area contributed by atoms with Gasteiger partial charge >= 0.3 is 0 Å². The summed E-state index contributed by atoms with van der Waals surface area (Å²) in [6.45, 7) is 0. The van der Waals surface area contributed by atoms with Crippen LogP contribution in [0.1, 0.15) is 16.1 Å². The highest BCUT2D eigenvalue weighted by atomic mass is 19.1. The standard InChI is InChI=1S/C13H9FN2O/c14-9-5-6-15-11(9)7-12-13(17)8-3-1-2-4-10(8)16-12/h1-7,15-16H/b12-7+. The molecule has 0 saturated carbocycles. The Kier molecular flexibility index (Phi) is 2.08. The number of hydrogen-bond donors (Lipinski definition) is 2. The Morgan fingerprint density at radius 1 is 1.18 bits per heavy atom. The first kappa shape index (κ1) is 9.84. The molecule has 0 amide bonds. The van der Waals surface area contributed by atoms with Gasteiger partial charge in [0.1, 0.15) is 5.82 Å². The number of aromatic nitrogens is 1. The number of hydrogen-bond acceptors (Lipinski definition) is 2. The van der Waals surface area contributed by atoms with Gasteiger partial charge in [-0.3, -0.25) is 4.79 Å². The molecule has 84 valence electrons. The Hall–Kier alpha value is -2.36. The van der Waals surface area contributed by atoms with Gasteiger partial charge in [-0.15, -0.1) is 0 Å². The summed E-state index contributed by atoms with van der Waals surface area (Å²) in [4.78, 5) is 14.7. The second-order valence-electron chi connectivity index (χ2n) is 3.80. The van der Waals surface area contributed by atoms with Crippen molar-refractivity contribution in [1.82, 2.24) is 4.98 Å².